The first kappa shape index (κ1) is 15.0. The van der Waals surface area contributed by atoms with E-state index in [4.69, 9.17) is 0 Å². The molecule has 0 spiro atoms. The van der Waals surface area contributed by atoms with Gasteiger partial charge in [-0.15, -0.1) is 0 Å². The first-order valence-corrected chi connectivity index (χ1v) is 7.53. The highest BCUT2D eigenvalue weighted by atomic mass is 32.2. The molecule has 0 saturated heterocycles. The second kappa shape index (κ2) is 5.52. The molecule has 108 valence electrons. The highest BCUT2D eigenvalue weighted by Gasteiger charge is 2.53. The lowest BCUT2D eigenvalue weighted by Gasteiger charge is -2.46. The molecule has 0 aromatic carbocycles. The summed E-state index contributed by atoms with van der Waals surface area (Å²) in [6, 6.07) is -0.503. The Labute approximate surface area is 122 Å². The van der Waals surface area contributed by atoms with E-state index in [2.05, 4.69) is 10.3 Å². The van der Waals surface area contributed by atoms with Crippen LogP contribution in [0.15, 0.2) is 16.1 Å². The van der Waals surface area contributed by atoms with E-state index in [1.54, 1.807) is 11.8 Å². The van der Waals surface area contributed by atoms with Crippen LogP contribution in [0, 0.1) is 5.92 Å². The monoisotopic (exact) mass is 294 g/mol. The molecule has 1 amide bonds. The molecule has 0 radical (unpaired) electrons. The second-order valence-corrected chi connectivity index (χ2v) is 6.36. The Balaban J connectivity index is 2.09. The van der Waals surface area contributed by atoms with Gasteiger partial charge >= 0.3 is 0 Å². The van der Waals surface area contributed by atoms with Gasteiger partial charge in [0, 0.05) is 25.0 Å². The number of amides is 1. The molecule has 1 heterocycles. The summed E-state index contributed by atoms with van der Waals surface area (Å²) in [5.74, 6) is -0.115. The molecule has 1 fully saturated rings. The molecule has 20 heavy (non-hydrogen) atoms. The zero-order chi connectivity index (χ0) is 15.0. The van der Waals surface area contributed by atoms with E-state index in [1.807, 2.05) is 13.8 Å². The Hall–Kier alpha value is -1.43. The van der Waals surface area contributed by atoms with Crippen LogP contribution < -0.4 is 5.32 Å². The smallest absolute Gasteiger partial charge is 0.273 e. The van der Waals surface area contributed by atoms with Gasteiger partial charge in [0.25, 0.3) is 5.91 Å². The summed E-state index contributed by atoms with van der Waals surface area (Å²) in [5.41, 5.74) is 2.24. The van der Waals surface area contributed by atoms with Crippen molar-refractivity contribution < 1.29 is 14.4 Å². The largest absolute Gasteiger partial charge is 0.340 e. The Morgan fingerprint density at radius 3 is 2.55 bits per heavy atom. The number of aliphatic imine (C=N–C) groups is 1. The Morgan fingerprint density at radius 1 is 1.35 bits per heavy atom. The average molecular weight is 294 g/mol. The van der Waals surface area contributed by atoms with Crippen LogP contribution in [0.4, 0.5) is 0 Å². The Kier molecular flexibility index (Phi) is 4.13. The van der Waals surface area contributed by atoms with Crippen LogP contribution in [0.5, 0.6) is 0 Å². The molecule has 2 aliphatic rings. The van der Waals surface area contributed by atoms with Crippen molar-refractivity contribution in [2.24, 2.45) is 10.9 Å². The molecular formula is C14H18N2O3S. The second-order valence-electron chi connectivity index (χ2n) is 5.20. The van der Waals surface area contributed by atoms with Crippen molar-refractivity contribution in [3.8, 4) is 0 Å². The summed E-state index contributed by atoms with van der Waals surface area (Å²) >= 11 is 1.69. The maximum atomic E-state index is 12.2. The molecule has 1 aliphatic heterocycles. The SMILES string of the molecule is CN=C(C(C)=O)C(=O)N[C@@H]1C(=O)C2C(C)=C(C)CS[C@@H]21. The van der Waals surface area contributed by atoms with Gasteiger partial charge in [0.15, 0.2) is 17.3 Å². The first-order chi connectivity index (χ1) is 9.38. The van der Waals surface area contributed by atoms with Gasteiger partial charge in [-0.25, -0.2) is 0 Å². The third-order valence-electron chi connectivity index (χ3n) is 3.96. The van der Waals surface area contributed by atoms with E-state index in [0.29, 0.717) is 0 Å². The molecule has 3 atom stereocenters. The summed E-state index contributed by atoms with van der Waals surface area (Å²) in [6.07, 6.45) is 0. The first-order valence-electron chi connectivity index (χ1n) is 6.48. The number of nitrogens with zero attached hydrogens (tertiary/aromatic N) is 1. The quantitative estimate of drug-likeness (QED) is 0.474. The summed E-state index contributed by atoms with van der Waals surface area (Å²) in [7, 11) is 1.40. The van der Waals surface area contributed by atoms with Crippen LogP contribution in [0.25, 0.3) is 0 Å². The number of fused-ring (bicyclic) bond motifs is 1. The number of carbonyl (C=O) groups is 3. The zero-order valence-electron chi connectivity index (χ0n) is 12.0. The van der Waals surface area contributed by atoms with Crippen molar-refractivity contribution in [3.63, 3.8) is 0 Å². The van der Waals surface area contributed by atoms with E-state index >= 15 is 0 Å². The third-order valence-corrected chi connectivity index (χ3v) is 5.49. The van der Waals surface area contributed by atoms with Gasteiger partial charge in [0.05, 0.1) is 5.92 Å². The lowest BCUT2D eigenvalue weighted by molar-refractivity contribution is -0.133. The van der Waals surface area contributed by atoms with Crippen LogP contribution in [0.3, 0.4) is 0 Å². The molecule has 2 rings (SSSR count). The molecule has 1 saturated carbocycles. The van der Waals surface area contributed by atoms with Crippen molar-refractivity contribution in [1.29, 1.82) is 0 Å². The summed E-state index contributed by atoms with van der Waals surface area (Å²) < 4.78 is 0. The molecular weight excluding hydrogens is 276 g/mol. The number of allylic oxidation sites excluding steroid dienone is 1. The van der Waals surface area contributed by atoms with Gasteiger partial charge in [0.2, 0.25) is 0 Å². The number of thioether (sulfide) groups is 1. The van der Waals surface area contributed by atoms with Crippen molar-refractivity contribution in [2.45, 2.75) is 32.1 Å². The minimum atomic E-state index is -0.554. The molecule has 0 aromatic rings. The fourth-order valence-electron chi connectivity index (χ4n) is 2.63. The highest BCUT2D eigenvalue weighted by molar-refractivity contribution is 8.00. The normalized spacial score (nSPS) is 29.7. The molecule has 1 N–H and O–H groups in total. The Bertz CT molecular complexity index is 551. The van der Waals surface area contributed by atoms with Crippen molar-refractivity contribution >= 4 is 34.9 Å². The maximum Gasteiger partial charge on any atom is 0.273 e. The van der Waals surface area contributed by atoms with Crippen LogP contribution in [-0.4, -0.2) is 47.3 Å². The minimum Gasteiger partial charge on any atom is -0.340 e. The summed E-state index contributed by atoms with van der Waals surface area (Å²) in [6.45, 7) is 5.31. The minimum absolute atomic E-state index is 0.0337. The predicted molar refractivity (Wildman–Crippen MR) is 79.1 cm³/mol. The Morgan fingerprint density at radius 2 is 2.00 bits per heavy atom. The number of hydrogen-bond acceptors (Lipinski definition) is 5. The van der Waals surface area contributed by atoms with E-state index in [1.165, 1.54) is 19.5 Å². The molecule has 5 nitrogen and oxygen atoms in total. The zero-order valence-corrected chi connectivity index (χ0v) is 12.8. The third kappa shape index (κ3) is 2.32. The fraction of sp³-hybridized carbons (Fsp3) is 0.571. The van der Waals surface area contributed by atoms with Gasteiger partial charge in [0.1, 0.15) is 6.04 Å². The van der Waals surface area contributed by atoms with Crippen LogP contribution in [0.2, 0.25) is 0 Å². The van der Waals surface area contributed by atoms with Crippen LogP contribution >= 0.6 is 11.8 Å². The number of rotatable bonds is 3. The number of nitrogens with one attached hydrogen (secondary N) is 1. The van der Waals surface area contributed by atoms with Gasteiger partial charge in [-0.3, -0.25) is 19.4 Å². The predicted octanol–water partition coefficient (Wildman–Crippen LogP) is 0.782. The fourth-order valence-corrected chi connectivity index (χ4v) is 4.22. The van der Waals surface area contributed by atoms with Gasteiger partial charge in [-0.1, -0.05) is 11.1 Å². The van der Waals surface area contributed by atoms with Crippen molar-refractivity contribution in [3.05, 3.63) is 11.1 Å². The molecule has 1 aliphatic carbocycles. The average Bonchev–Trinajstić information content (AvgIpc) is 2.39. The van der Waals surface area contributed by atoms with Crippen molar-refractivity contribution in [2.75, 3.05) is 12.8 Å². The lowest BCUT2D eigenvalue weighted by atomic mass is 9.72. The van der Waals surface area contributed by atoms with Gasteiger partial charge in [-0.2, -0.15) is 11.8 Å². The number of ketones is 2. The molecule has 1 unspecified atom stereocenters. The van der Waals surface area contributed by atoms with Crippen molar-refractivity contribution in [1.82, 2.24) is 5.32 Å². The lowest BCUT2D eigenvalue weighted by Crippen LogP contribution is -2.65. The maximum absolute atomic E-state index is 12.2. The standard InChI is InChI=1S/C14H18N2O3S/c1-6-5-20-13-9(7(6)2)12(18)11(13)16-14(19)10(15-4)8(3)17/h9,11,13H,5H2,1-4H3,(H,16,19)/t9?,11-,13+/m1/s1. The van der Waals surface area contributed by atoms with Gasteiger partial charge in [-0.05, 0) is 13.8 Å². The number of hydrogen-bond donors (Lipinski definition) is 1. The number of Topliss-reactive ketones (excluding diaryl/α,β-unsaturated/α-hetero) is 2. The molecule has 0 aromatic heterocycles. The molecule has 6 heteroatoms. The summed E-state index contributed by atoms with van der Waals surface area (Å²) in [4.78, 5) is 39.1. The summed E-state index contributed by atoms with van der Waals surface area (Å²) in [5, 5.41) is 2.73. The molecule has 0 bridgehead atoms. The van der Waals surface area contributed by atoms with Gasteiger partial charge < -0.3 is 5.32 Å². The van der Waals surface area contributed by atoms with E-state index in [-0.39, 0.29) is 22.7 Å². The topological polar surface area (TPSA) is 75.6 Å². The van der Waals surface area contributed by atoms with E-state index < -0.39 is 17.7 Å². The number of carbonyl (C=O) groups excluding carboxylic acids is 3. The van der Waals surface area contributed by atoms with Crippen LogP contribution in [0.1, 0.15) is 20.8 Å². The highest BCUT2D eigenvalue weighted by Crippen LogP contribution is 2.44. The van der Waals surface area contributed by atoms with E-state index in [0.717, 1.165) is 11.3 Å². The van der Waals surface area contributed by atoms with Crippen LogP contribution in [-0.2, 0) is 14.4 Å². The van der Waals surface area contributed by atoms with E-state index in [9.17, 15) is 14.4 Å².